The van der Waals surface area contributed by atoms with Crippen LogP contribution < -0.4 is 9.88 Å². The molecule has 0 unspecified atom stereocenters. The highest BCUT2D eigenvalue weighted by Crippen LogP contribution is 2.00. The van der Waals surface area contributed by atoms with Crippen LogP contribution in [0.3, 0.4) is 0 Å². The minimum absolute atomic E-state index is 0.000719. The van der Waals surface area contributed by atoms with Crippen LogP contribution in [0.15, 0.2) is 24.5 Å². The first-order chi connectivity index (χ1) is 12.1. The van der Waals surface area contributed by atoms with Crippen LogP contribution in [0.1, 0.15) is 10.4 Å². The zero-order chi connectivity index (χ0) is 18.1. The van der Waals surface area contributed by atoms with Crippen molar-refractivity contribution < 1.29 is 33.6 Å². The lowest BCUT2D eigenvalue weighted by Gasteiger charge is -2.25. The number of amides is 2. The molecule has 1 aliphatic rings. The molecule has 2 rings (SSSR count). The molecule has 1 aromatic heterocycles. The summed E-state index contributed by atoms with van der Waals surface area (Å²) in [5, 5.41) is 11.6. The van der Waals surface area contributed by atoms with Crippen LogP contribution in [0.2, 0.25) is 0 Å². The predicted octanol–water partition coefficient (Wildman–Crippen LogP) is -0.661. The van der Waals surface area contributed by atoms with Crippen molar-refractivity contribution >= 4 is 12.0 Å². The van der Waals surface area contributed by atoms with E-state index in [1.165, 1.54) is 6.20 Å². The summed E-state index contributed by atoms with van der Waals surface area (Å²) in [6, 6.07) is 3.20. The molecule has 1 aliphatic heterocycles. The number of hydrogen-bond donors (Lipinski definition) is 1. The number of hydrogen-bond acceptors (Lipinski definition) is 7. The standard InChI is InChI=1S/C14H18N4O7/c19-13(15-3-7-25-18(21)22)12-2-1-4-16(10-12)11-24-14(20)17-5-8-23-9-6-17/h1-2,4,10H,3,5-9,11H2/p+1. The maximum Gasteiger partial charge on any atom is 0.414 e. The Hall–Kier alpha value is -2.95. The molecule has 1 saturated heterocycles. The van der Waals surface area contributed by atoms with E-state index in [0.717, 1.165) is 0 Å². The van der Waals surface area contributed by atoms with E-state index in [2.05, 4.69) is 10.2 Å². The van der Waals surface area contributed by atoms with Gasteiger partial charge in [-0.2, -0.15) is 4.57 Å². The quantitative estimate of drug-likeness (QED) is 0.298. The van der Waals surface area contributed by atoms with Gasteiger partial charge in [-0.05, 0) is 6.07 Å². The fourth-order valence-corrected chi connectivity index (χ4v) is 2.09. The average molecular weight is 355 g/mol. The van der Waals surface area contributed by atoms with Gasteiger partial charge in [0.15, 0.2) is 12.4 Å². The van der Waals surface area contributed by atoms with Gasteiger partial charge in [0.2, 0.25) is 0 Å². The molecule has 1 aromatic rings. The molecule has 25 heavy (non-hydrogen) atoms. The molecular formula is C14H19N4O7+. The van der Waals surface area contributed by atoms with Gasteiger partial charge in [-0.3, -0.25) is 4.79 Å². The second kappa shape index (κ2) is 9.37. The molecule has 0 aliphatic carbocycles. The molecular weight excluding hydrogens is 336 g/mol. The Balaban J connectivity index is 1.80. The Bertz CT molecular complexity index is 619. The van der Waals surface area contributed by atoms with Crippen LogP contribution in [-0.2, 0) is 21.0 Å². The van der Waals surface area contributed by atoms with Gasteiger partial charge in [0, 0.05) is 25.7 Å². The van der Waals surface area contributed by atoms with Crippen LogP contribution >= 0.6 is 0 Å². The molecule has 11 nitrogen and oxygen atoms in total. The molecule has 1 N–H and O–H groups in total. The largest absolute Gasteiger partial charge is 0.414 e. The van der Waals surface area contributed by atoms with Gasteiger partial charge in [0.25, 0.3) is 17.7 Å². The van der Waals surface area contributed by atoms with Gasteiger partial charge >= 0.3 is 6.09 Å². The Labute approximate surface area is 143 Å². The molecule has 136 valence electrons. The number of morpholine rings is 1. The molecule has 0 spiro atoms. The number of pyridine rings is 1. The lowest BCUT2D eigenvalue weighted by atomic mass is 10.2. The fourth-order valence-electron chi connectivity index (χ4n) is 2.09. The van der Waals surface area contributed by atoms with Crippen molar-refractivity contribution in [2.24, 2.45) is 0 Å². The van der Waals surface area contributed by atoms with E-state index in [0.29, 0.717) is 31.9 Å². The summed E-state index contributed by atoms with van der Waals surface area (Å²) in [4.78, 5) is 39.5. The zero-order valence-electron chi connectivity index (χ0n) is 13.5. The number of rotatable bonds is 7. The van der Waals surface area contributed by atoms with Crippen LogP contribution in [0, 0.1) is 10.1 Å². The van der Waals surface area contributed by atoms with Gasteiger partial charge in [0.1, 0.15) is 12.2 Å². The van der Waals surface area contributed by atoms with Crippen molar-refractivity contribution in [1.29, 1.82) is 0 Å². The van der Waals surface area contributed by atoms with E-state index in [-0.39, 0.29) is 19.9 Å². The molecule has 1 fully saturated rings. The number of carbonyl (C=O) groups excluding carboxylic acids is 2. The third-order valence-electron chi connectivity index (χ3n) is 3.31. The summed E-state index contributed by atoms with van der Waals surface area (Å²) in [7, 11) is 0. The highest BCUT2D eigenvalue weighted by Gasteiger charge is 2.19. The van der Waals surface area contributed by atoms with Gasteiger partial charge in [-0.25, -0.2) is 4.79 Å². The van der Waals surface area contributed by atoms with Crippen LogP contribution in [-0.4, -0.2) is 61.4 Å². The van der Waals surface area contributed by atoms with Gasteiger partial charge in [0.05, 0.1) is 13.2 Å². The number of ether oxygens (including phenoxy) is 2. The van der Waals surface area contributed by atoms with E-state index in [9.17, 15) is 19.7 Å². The third-order valence-corrected chi connectivity index (χ3v) is 3.31. The predicted molar refractivity (Wildman–Crippen MR) is 80.8 cm³/mol. The summed E-state index contributed by atoms with van der Waals surface area (Å²) in [6.45, 7) is 1.66. The molecule has 2 amide bonds. The second-order valence-corrected chi connectivity index (χ2v) is 5.06. The van der Waals surface area contributed by atoms with Crippen molar-refractivity contribution in [2.45, 2.75) is 6.73 Å². The second-order valence-electron chi connectivity index (χ2n) is 5.06. The summed E-state index contributed by atoms with van der Waals surface area (Å²) in [5.74, 6) is -0.416. The SMILES string of the molecule is O=C(NCCO[N+](=O)[O-])c1ccc[n+](COC(=O)N2CCOCC2)c1. The van der Waals surface area contributed by atoms with E-state index in [1.54, 1.807) is 27.8 Å². The van der Waals surface area contributed by atoms with Crippen LogP contribution in [0.25, 0.3) is 0 Å². The lowest BCUT2D eigenvalue weighted by molar-refractivity contribution is -0.757. The topological polar surface area (TPSA) is 124 Å². The Morgan fingerprint density at radius 2 is 2.16 bits per heavy atom. The van der Waals surface area contributed by atoms with Gasteiger partial charge in [-0.1, -0.05) is 0 Å². The molecule has 0 saturated carbocycles. The van der Waals surface area contributed by atoms with Crippen molar-refractivity contribution in [3.05, 3.63) is 40.2 Å². The lowest BCUT2D eigenvalue weighted by Crippen LogP contribution is -2.44. The van der Waals surface area contributed by atoms with E-state index >= 15 is 0 Å². The van der Waals surface area contributed by atoms with Crippen LogP contribution in [0.4, 0.5) is 4.79 Å². The minimum atomic E-state index is -0.925. The molecule has 0 bridgehead atoms. The highest BCUT2D eigenvalue weighted by molar-refractivity contribution is 5.93. The van der Waals surface area contributed by atoms with E-state index in [1.807, 2.05) is 0 Å². The van der Waals surface area contributed by atoms with Gasteiger partial charge in [-0.15, -0.1) is 10.1 Å². The summed E-state index contributed by atoms with van der Waals surface area (Å²) in [5.41, 5.74) is 0.325. The Kier molecular flexibility index (Phi) is 6.89. The normalized spacial score (nSPS) is 13.8. The summed E-state index contributed by atoms with van der Waals surface area (Å²) >= 11 is 0. The first kappa shape index (κ1) is 18.4. The Morgan fingerprint density at radius 1 is 1.40 bits per heavy atom. The molecule has 0 aromatic carbocycles. The van der Waals surface area contributed by atoms with Crippen LogP contribution in [0.5, 0.6) is 0 Å². The maximum atomic E-state index is 11.9. The number of nitrogens with zero attached hydrogens (tertiary/aromatic N) is 3. The average Bonchev–Trinajstić information content (AvgIpc) is 2.64. The molecule has 11 heteroatoms. The first-order valence-electron chi connectivity index (χ1n) is 7.60. The highest BCUT2D eigenvalue weighted by atomic mass is 16.9. The van der Waals surface area contributed by atoms with Gasteiger partial charge < -0.3 is 24.5 Å². The van der Waals surface area contributed by atoms with Crippen molar-refractivity contribution in [3.8, 4) is 0 Å². The number of nitrogens with one attached hydrogen (secondary N) is 1. The smallest absolute Gasteiger partial charge is 0.388 e. The monoisotopic (exact) mass is 355 g/mol. The maximum absolute atomic E-state index is 11.9. The fraction of sp³-hybridized carbons (Fsp3) is 0.500. The van der Waals surface area contributed by atoms with Crippen molar-refractivity contribution in [3.63, 3.8) is 0 Å². The third kappa shape index (κ3) is 6.22. The van der Waals surface area contributed by atoms with E-state index < -0.39 is 17.1 Å². The number of carbonyl (C=O) groups is 2. The number of aromatic nitrogens is 1. The van der Waals surface area contributed by atoms with E-state index in [4.69, 9.17) is 9.47 Å². The first-order valence-corrected chi connectivity index (χ1v) is 7.60. The van der Waals surface area contributed by atoms with Crippen molar-refractivity contribution in [2.75, 3.05) is 39.5 Å². The molecule has 0 radical (unpaired) electrons. The zero-order valence-corrected chi connectivity index (χ0v) is 13.5. The Morgan fingerprint density at radius 3 is 2.88 bits per heavy atom. The summed E-state index contributed by atoms with van der Waals surface area (Å²) in [6.07, 6.45) is 2.72. The molecule has 0 atom stereocenters. The summed E-state index contributed by atoms with van der Waals surface area (Å²) < 4.78 is 11.9. The molecule has 2 heterocycles. The van der Waals surface area contributed by atoms with Crippen molar-refractivity contribution in [1.82, 2.24) is 10.2 Å². The minimum Gasteiger partial charge on any atom is -0.388 e.